The Balaban J connectivity index is 2.08. The Bertz CT molecular complexity index is 1060. The third kappa shape index (κ3) is 6.19. The molecule has 0 aliphatic heterocycles. The van der Waals surface area contributed by atoms with Crippen molar-refractivity contribution in [1.29, 1.82) is 0 Å². The van der Waals surface area contributed by atoms with Crippen molar-refractivity contribution in [1.82, 2.24) is 10.0 Å². The molecule has 2 aromatic rings. The minimum absolute atomic E-state index is 0.0357. The van der Waals surface area contributed by atoms with E-state index in [0.29, 0.717) is 11.3 Å². The van der Waals surface area contributed by atoms with Gasteiger partial charge >= 0.3 is 0 Å². The van der Waals surface area contributed by atoms with Gasteiger partial charge < -0.3 is 5.32 Å². The highest BCUT2D eigenvalue weighted by molar-refractivity contribution is 7.92. The number of rotatable bonds is 9. The zero-order valence-corrected chi connectivity index (χ0v) is 16.8. The van der Waals surface area contributed by atoms with Crippen LogP contribution in [0.3, 0.4) is 0 Å². The summed E-state index contributed by atoms with van der Waals surface area (Å²) in [5.41, 5.74) is 1.24. The first kappa shape index (κ1) is 21.6. The maximum Gasteiger partial charge on any atom is 0.251 e. The van der Waals surface area contributed by atoms with Gasteiger partial charge in [-0.3, -0.25) is 9.52 Å². The van der Waals surface area contributed by atoms with Gasteiger partial charge in [-0.05, 0) is 35.9 Å². The van der Waals surface area contributed by atoms with E-state index >= 15 is 0 Å². The standard InChI is InChI=1S/C18H21N3O5S2/c1-3-12-20-28(25,26)16-10-8-14(9-11-16)18(22)19-13-15-6-4-5-7-17(15)21-27(2,23)24/h3-11,20-21H,1,12-13H2,2H3,(H,19,22). The van der Waals surface area contributed by atoms with E-state index in [1.165, 1.54) is 30.3 Å². The van der Waals surface area contributed by atoms with Gasteiger partial charge in [0.1, 0.15) is 0 Å². The van der Waals surface area contributed by atoms with Crippen LogP contribution in [0.4, 0.5) is 5.69 Å². The largest absolute Gasteiger partial charge is 0.348 e. The zero-order chi connectivity index (χ0) is 20.8. The van der Waals surface area contributed by atoms with E-state index in [-0.39, 0.29) is 23.5 Å². The summed E-state index contributed by atoms with van der Waals surface area (Å²) >= 11 is 0. The van der Waals surface area contributed by atoms with Gasteiger partial charge in [0.2, 0.25) is 20.0 Å². The lowest BCUT2D eigenvalue weighted by Crippen LogP contribution is -2.25. The molecule has 0 atom stereocenters. The molecule has 10 heteroatoms. The number of nitrogens with one attached hydrogen (secondary N) is 3. The second kappa shape index (κ2) is 9.00. The molecular weight excluding hydrogens is 402 g/mol. The van der Waals surface area contributed by atoms with Gasteiger partial charge in [-0.2, -0.15) is 0 Å². The van der Waals surface area contributed by atoms with Crippen LogP contribution in [0.25, 0.3) is 0 Å². The smallest absolute Gasteiger partial charge is 0.251 e. The van der Waals surface area contributed by atoms with Crippen molar-refractivity contribution >= 4 is 31.6 Å². The summed E-state index contributed by atoms with van der Waals surface area (Å²) in [6.45, 7) is 3.65. The molecule has 8 nitrogen and oxygen atoms in total. The molecule has 0 heterocycles. The Morgan fingerprint density at radius 2 is 1.68 bits per heavy atom. The highest BCUT2D eigenvalue weighted by Crippen LogP contribution is 2.16. The molecular formula is C18H21N3O5S2. The van der Waals surface area contributed by atoms with Gasteiger partial charge in [0.25, 0.3) is 5.91 Å². The lowest BCUT2D eigenvalue weighted by molar-refractivity contribution is 0.0951. The first-order valence-corrected chi connectivity index (χ1v) is 11.5. The summed E-state index contributed by atoms with van der Waals surface area (Å²) in [6.07, 6.45) is 2.47. The molecule has 0 aliphatic carbocycles. The van der Waals surface area contributed by atoms with E-state index in [9.17, 15) is 21.6 Å². The van der Waals surface area contributed by atoms with Crippen molar-refractivity contribution in [3.05, 3.63) is 72.3 Å². The molecule has 3 N–H and O–H groups in total. The van der Waals surface area contributed by atoms with Gasteiger partial charge in [-0.1, -0.05) is 24.3 Å². The molecule has 150 valence electrons. The van der Waals surface area contributed by atoms with Crippen LogP contribution in [-0.2, 0) is 26.6 Å². The number of hydrogen-bond donors (Lipinski definition) is 3. The topological polar surface area (TPSA) is 121 Å². The summed E-state index contributed by atoms with van der Waals surface area (Å²) in [5, 5.41) is 2.68. The normalized spacial score (nSPS) is 11.6. The van der Waals surface area contributed by atoms with Gasteiger partial charge in [-0.25, -0.2) is 21.6 Å². The van der Waals surface area contributed by atoms with E-state index in [1.54, 1.807) is 24.3 Å². The minimum atomic E-state index is -3.66. The lowest BCUT2D eigenvalue weighted by Gasteiger charge is -2.12. The van der Waals surface area contributed by atoms with Crippen molar-refractivity contribution in [2.75, 3.05) is 17.5 Å². The van der Waals surface area contributed by atoms with Crippen molar-refractivity contribution in [2.45, 2.75) is 11.4 Å². The minimum Gasteiger partial charge on any atom is -0.348 e. The molecule has 0 aromatic heterocycles. The van der Waals surface area contributed by atoms with Gasteiger partial charge in [-0.15, -0.1) is 6.58 Å². The van der Waals surface area contributed by atoms with Crippen LogP contribution in [0.1, 0.15) is 15.9 Å². The molecule has 2 aromatic carbocycles. The van der Waals surface area contributed by atoms with E-state index in [2.05, 4.69) is 21.3 Å². The Morgan fingerprint density at radius 1 is 1.04 bits per heavy atom. The predicted octanol–water partition coefficient (Wildman–Crippen LogP) is 1.45. The number of benzene rings is 2. The molecule has 0 fully saturated rings. The number of hydrogen-bond acceptors (Lipinski definition) is 5. The SMILES string of the molecule is C=CCNS(=O)(=O)c1ccc(C(=O)NCc2ccccc2NS(C)(=O)=O)cc1. The third-order valence-corrected chi connectivity index (χ3v) is 5.63. The Kier molecular flexibility index (Phi) is 6.95. The number of para-hydroxylation sites is 1. The summed E-state index contributed by atoms with van der Waals surface area (Å²) in [6, 6.07) is 12.2. The third-order valence-electron chi connectivity index (χ3n) is 3.60. The van der Waals surface area contributed by atoms with Crippen molar-refractivity contribution in [3.63, 3.8) is 0 Å². The molecule has 2 rings (SSSR count). The molecule has 0 saturated heterocycles. The number of amides is 1. The molecule has 28 heavy (non-hydrogen) atoms. The summed E-state index contributed by atoms with van der Waals surface area (Å²) in [7, 11) is -7.11. The van der Waals surface area contributed by atoms with E-state index < -0.39 is 26.0 Å². The number of carbonyl (C=O) groups excluding carboxylic acids is 1. The van der Waals surface area contributed by atoms with Crippen LogP contribution >= 0.6 is 0 Å². The van der Waals surface area contributed by atoms with Crippen LogP contribution < -0.4 is 14.8 Å². The van der Waals surface area contributed by atoms with Crippen molar-refractivity contribution in [2.24, 2.45) is 0 Å². The van der Waals surface area contributed by atoms with Crippen LogP contribution in [0.2, 0.25) is 0 Å². The maximum atomic E-state index is 12.3. The van der Waals surface area contributed by atoms with Crippen molar-refractivity contribution < 1.29 is 21.6 Å². The fourth-order valence-electron chi connectivity index (χ4n) is 2.29. The Morgan fingerprint density at radius 3 is 2.29 bits per heavy atom. The average Bonchev–Trinajstić information content (AvgIpc) is 2.64. The average molecular weight is 424 g/mol. The summed E-state index contributed by atoms with van der Waals surface area (Å²) in [5.74, 6) is -0.419. The monoisotopic (exact) mass is 423 g/mol. The van der Waals surface area contributed by atoms with E-state index in [1.807, 2.05) is 0 Å². The van der Waals surface area contributed by atoms with Crippen LogP contribution in [-0.4, -0.2) is 35.5 Å². The van der Waals surface area contributed by atoms with Gasteiger partial charge in [0.05, 0.1) is 16.8 Å². The molecule has 1 amide bonds. The van der Waals surface area contributed by atoms with Crippen molar-refractivity contribution in [3.8, 4) is 0 Å². The number of anilines is 1. The van der Waals surface area contributed by atoms with Crippen LogP contribution in [0.15, 0.2) is 66.1 Å². The Hall–Kier alpha value is -2.69. The molecule has 0 bridgehead atoms. The van der Waals surface area contributed by atoms with Gasteiger partial charge in [0, 0.05) is 18.7 Å². The second-order valence-corrected chi connectivity index (χ2v) is 9.39. The lowest BCUT2D eigenvalue weighted by atomic mass is 10.1. The van der Waals surface area contributed by atoms with Crippen LogP contribution in [0.5, 0.6) is 0 Å². The van der Waals surface area contributed by atoms with Crippen LogP contribution in [0, 0.1) is 0 Å². The molecule has 0 saturated carbocycles. The highest BCUT2D eigenvalue weighted by Gasteiger charge is 2.14. The zero-order valence-electron chi connectivity index (χ0n) is 15.2. The van der Waals surface area contributed by atoms with Gasteiger partial charge in [0.15, 0.2) is 0 Å². The fraction of sp³-hybridized carbons (Fsp3) is 0.167. The number of sulfonamides is 2. The second-order valence-electron chi connectivity index (χ2n) is 5.88. The summed E-state index contributed by atoms with van der Waals surface area (Å²) < 4.78 is 51.6. The van der Waals surface area contributed by atoms with E-state index in [4.69, 9.17) is 0 Å². The Labute approximate surface area is 164 Å². The first-order valence-electron chi connectivity index (χ1n) is 8.17. The highest BCUT2D eigenvalue weighted by atomic mass is 32.2. The summed E-state index contributed by atoms with van der Waals surface area (Å²) in [4.78, 5) is 12.4. The quantitative estimate of drug-likeness (QED) is 0.527. The van der Waals surface area contributed by atoms with E-state index in [0.717, 1.165) is 6.26 Å². The fourth-order valence-corrected chi connectivity index (χ4v) is 3.89. The maximum absolute atomic E-state index is 12.3. The molecule has 0 aliphatic rings. The first-order chi connectivity index (χ1) is 13.1. The predicted molar refractivity (Wildman–Crippen MR) is 108 cm³/mol. The number of carbonyl (C=O) groups is 1. The molecule has 0 radical (unpaired) electrons. The molecule has 0 spiro atoms. The molecule has 0 unspecified atom stereocenters.